The van der Waals surface area contributed by atoms with Crippen LogP contribution in [0.5, 0.6) is 5.75 Å². The van der Waals surface area contributed by atoms with Crippen LogP contribution in [0.3, 0.4) is 0 Å². The maximum absolute atomic E-state index is 12.1. The molecule has 0 heterocycles. The maximum Gasteiger partial charge on any atom is 0.212 e. The molecule has 0 bridgehead atoms. The Morgan fingerprint density at radius 1 is 1.10 bits per heavy atom. The van der Waals surface area contributed by atoms with E-state index in [4.69, 9.17) is 0 Å². The first-order chi connectivity index (χ1) is 9.96. The minimum atomic E-state index is -3.37. The number of hydrogen-bond acceptors (Lipinski definition) is 3. The Balaban J connectivity index is 1.96. The molecule has 0 saturated heterocycles. The average Bonchev–Trinajstić information content (AvgIpc) is 2.46. The van der Waals surface area contributed by atoms with Crippen molar-refractivity contribution in [1.82, 2.24) is 4.72 Å². The van der Waals surface area contributed by atoms with Gasteiger partial charge in [0.15, 0.2) is 0 Å². The van der Waals surface area contributed by atoms with Crippen molar-refractivity contribution in [2.24, 2.45) is 0 Å². The van der Waals surface area contributed by atoms with Gasteiger partial charge in [-0.2, -0.15) is 0 Å². The number of aromatic hydroxyl groups is 1. The topological polar surface area (TPSA) is 66.4 Å². The first kappa shape index (κ1) is 15.5. The molecular formula is C16H19NO3S. The van der Waals surface area contributed by atoms with Gasteiger partial charge < -0.3 is 5.11 Å². The highest BCUT2D eigenvalue weighted by molar-refractivity contribution is 7.89. The van der Waals surface area contributed by atoms with Gasteiger partial charge in [-0.1, -0.05) is 49.4 Å². The number of benzene rings is 2. The van der Waals surface area contributed by atoms with Gasteiger partial charge in [0.05, 0.1) is 5.75 Å². The molecule has 5 heteroatoms. The summed E-state index contributed by atoms with van der Waals surface area (Å²) in [7, 11) is -3.37. The molecule has 21 heavy (non-hydrogen) atoms. The molecule has 2 aromatic carbocycles. The van der Waals surface area contributed by atoms with Gasteiger partial charge >= 0.3 is 0 Å². The highest BCUT2D eigenvalue weighted by atomic mass is 32.2. The largest absolute Gasteiger partial charge is 0.508 e. The van der Waals surface area contributed by atoms with E-state index in [0.29, 0.717) is 0 Å². The summed E-state index contributed by atoms with van der Waals surface area (Å²) in [5, 5.41) is 9.36. The summed E-state index contributed by atoms with van der Waals surface area (Å²) in [6.07, 6.45) is 0. The molecule has 2 N–H and O–H groups in total. The maximum atomic E-state index is 12.1. The standard InChI is InChI=1S/C16H19NO3S/c1-13(15-7-3-2-4-8-15)12-21(19,20)17-11-14-6-5-9-16(18)10-14/h2-10,13,17-18H,11-12H2,1H3. The van der Waals surface area contributed by atoms with Crippen molar-refractivity contribution in [3.05, 3.63) is 65.7 Å². The lowest BCUT2D eigenvalue weighted by molar-refractivity contribution is 0.474. The van der Waals surface area contributed by atoms with Gasteiger partial charge in [0.2, 0.25) is 10.0 Å². The van der Waals surface area contributed by atoms with Gasteiger partial charge in [0.25, 0.3) is 0 Å². The zero-order chi connectivity index (χ0) is 15.3. The van der Waals surface area contributed by atoms with Crippen LogP contribution < -0.4 is 4.72 Å². The van der Waals surface area contributed by atoms with Gasteiger partial charge in [-0.05, 0) is 29.2 Å². The Hall–Kier alpha value is -1.85. The Morgan fingerprint density at radius 3 is 2.48 bits per heavy atom. The second-order valence-corrected chi connectivity index (χ2v) is 6.94. The van der Waals surface area contributed by atoms with Crippen molar-refractivity contribution in [2.45, 2.75) is 19.4 Å². The number of phenols is 1. The summed E-state index contributed by atoms with van der Waals surface area (Å²) in [6, 6.07) is 16.1. The molecule has 0 aliphatic heterocycles. The van der Waals surface area contributed by atoms with Gasteiger partial charge in [0, 0.05) is 6.54 Å². The summed E-state index contributed by atoms with van der Waals surface area (Å²) in [5.41, 5.74) is 1.73. The molecule has 1 atom stereocenters. The molecule has 4 nitrogen and oxygen atoms in total. The summed E-state index contributed by atoms with van der Waals surface area (Å²) < 4.78 is 26.8. The SMILES string of the molecule is CC(CS(=O)(=O)NCc1cccc(O)c1)c1ccccc1. The minimum absolute atomic E-state index is 0.0375. The van der Waals surface area contributed by atoms with Crippen molar-refractivity contribution in [2.75, 3.05) is 5.75 Å². The van der Waals surface area contributed by atoms with Crippen LogP contribution in [0.1, 0.15) is 24.0 Å². The van der Waals surface area contributed by atoms with Gasteiger partial charge in [-0.15, -0.1) is 0 Å². The van der Waals surface area contributed by atoms with Crippen LogP contribution in [0.4, 0.5) is 0 Å². The van der Waals surface area contributed by atoms with E-state index >= 15 is 0 Å². The van der Waals surface area contributed by atoms with E-state index in [1.165, 1.54) is 0 Å². The van der Waals surface area contributed by atoms with Crippen molar-refractivity contribution in [3.63, 3.8) is 0 Å². The van der Waals surface area contributed by atoms with E-state index < -0.39 is 10.0 Å². The highest BCUT2D eigenvalue weighted by Crippen LogP contribution is 2.17. The van der Waals surface area contributed by atoms with Crippen LogP contribution in [-0.4, -0.2) is 19.3 Å². The normalized spacial score (nSPS) is 13.0. The van der Waals surface area contributed by atoms with Crippen molar-refractivity contribution >= 4 is 10.0 Å². The van der Waals surface area contributed by atoms with Gasteiger partial charge in [-0.3, -0.25) is 0 Å². The fourth-order valence-electron chi connectivity index (χ4n) is 2.13. The molecule has 0 fully saturated rings. The molecule has 0 amide bonds. The summed E-state index contributed by atoms with van der Waals surface area (Å²) in [5.74, 6) is 0.0905. The second kappa shape index (κ2) is 6.74. The van der Waals surface area contributed by atoms with E-state index in [1.807, 2.05) is 37.3 Å². The fraction of sp³-hybridized carbons (Fsp3) is 0.250. The smallest absolute Gasteiger partial charge is 0.212 e. The second-order valence-electron chi connectivity index (χ2n) is 5.08. The Morgan fingerprint density at radius 2 is 1.81 bits per heavy atom. The molecular weight excluding hydrogens is 286 g/mol. The molecule has 112 valence electrons. The van der Waals surface area contributed by atoms with Crippen molar-refractivity contribution < 1.29 is 13.5 Å². The van der Waals surface area contributed by atoms with Crippen LogP contribution in [0.2, 0.25) is 0 Å². The number of rotatable bonds is 6. The van der Waals surface area contributed by atoms with Crippen LogP contribution in [-0.2, 0) is 16.6 Å². The molecule has 0 aliphatic rings. The lowest BCUT2D eigenvalue weighted by Gasteiger charge is -2.13. The quantitative estimate of drug-likeness (QED) is 0.862. The lowest BCUT2D eigenvalue weighted by atomic mass is 10.0. The Labute approximate surface area is 125 Å². The van der Waals surface area contributed by atoms with Crippen LogP contribution in [0.25, 0.3) is 0 Å². The number of sulfonamides is 1. The summed E-state index contributed by atoms with van der Waals surface area (Å²) >= 11 is 0. The highest BCUT2D eigenvalue weighted by Gasteiger charge is 2.16. The average molecular weight is 305 g/mol. The molecule has 0 saturated carbocycles. The molecule has 1 unspecified atom stereocenters. The number of nitrogens with one attached hydrogen (secondary N) is 1. The van der Waals surface area contributed by atoms with E-state index in [9.17, 15) is 13.5 Å². The first-order valence-electron chi connectivity index (χ1n) is 6.76. The Kier molecular flexibility index (Phi) is 4.98. The van der Waals surface area contributed by atoms with Gasteiger partial charge in [0.1, 0.15) is 5.75 Å². The third-order valence-electron chi connectivity index (χ3n) is 3.24. The third-order valence-corrected chi connectivity index (χ3v) is 4.77. The van der Waals surface area contributed by atoms with Gasteiger partial charge in [-0.25, -0.2) is 13.1 Å². The molecule has 2 rings (SSSR count). The minimum Gasteiger partial charge on any atom is -0.508 e. The third kappa shape index (κ3) is 4.88. The number of phenolic OH excluding ortho intramolecular Hbond substituents is 1. The summed E-state index contributed by atoms with van der Waals surface area (Å²) in [6.45, 7) is 2.07. The molecule has 0 aromatic heterocycles. The fourth-order valence-corrected chi connectivity index (χ4v) is 3.48. The molecule has 2 aromatic rings. The van der Waals surface area contributed by atoms with Crippen LogP contribution >= 0.6 is 0 Å². The predicted octanol–water partition coefficient (Wildman–Crippen LogP) is 2.62. The zero-order valence-corrected chi connectivity index (χ0v) is 12.7. The molecule has 0 spiro atoms. The molecule has 0 radical (unpaired) electrons. The first-order valence-corrected chi connectivity index (χ1v) is 8.42. The van der Waals surface area contributed by atoms with E-state index in [2.05, 4.69) is 4.72 Å². The lowest BCUT2D eigenvalue weighted by Crippen LogP contribution is -2.28. The van der Waals surface area contributed by atoms with Crippen molar-refractivity contribution in [1.29, 1.82) is 0 Å². The Bertz CT molecular complexity index is 684. The van der Waals surface area contributed by atoms with Crippen LogP contribution in [0, 0.1) is 0 Å². The van der Waals surface area contributed by atoms with E-state index in [-0.39, 0.29) is 24.0 Å². The number of hydrogen-bond donors (Lipinski definition) is 2. The summed E-state index contributed by atoms with van der Waals surface area (Å²) in [4.78, 5) is 0. The van der Waals surface area contributed by atoms with E-state index in [0.717, 1.165) is 11.1 Å². The monoisotopic (exact) mass is 305 g/mol. The van der Waals surface area contributed by atoms with Crippen molar-refractivity contribution in [3.8, 4) is 5.75 Å². The van der Waals surface area contributed by atoms with Crippen LogP contribution in [0.15, 0.2) is 54.6 Å². The predicted molar refractivity (Wildman–Crippen MR) is 83.6 cm³/mol. The molecule has 0 aliphatic carbocycles. The van der Waals surface area contributed by atoms with E-state index in [1.54, 1.807) is 24.3 Å². The zero-order valence-electron chi connectivity index (χ0n) is 11.9.